The van der Waals surface area contributed by atoms with Crippen LogP contribution in [0.3, 0.4) is 0 Å². The number of aromatic carboxylic acids is 1. The Morgan fingerprint density at radius 1 is 1.80 bits per heavy atom. The van der Waals surface area contributed by atoms with Gasteiger partial charge in [0.2, 0.25) is 0 Å². The van der Waals surface area contributed by atoms with Crippen molar-refractivity contribution >= 4 is 12.2 Å². The number of nitrogens with one attached hydrogen (secondary N) is 2. The number of aromatic amines is 1. The summed E-state index contributed by atoms with van der Waals surface area (Å²) < 4.78 is 0. The van der Waals surface area contributed by atoms with Gasteiger partial charge in [-0.3, -0.25) is 0 Å². The fraction of sp³-hybridized carbons (Fsp3) is 0. The Labute approximate surface area is 57.0 Å². The van der Waals surface area contributed by atoms with Crippen molar-refractivity contribution in [2.24, 2.45) is 0 Å². The molecule has 4 heteroatoms. The number of hydrogen-bond donors (Lipinski definition) is 3. The highest BCUT2D eigenvalue weighted by Crippen LogP contribution is 2.01. The molecule has 0 spiro atoms. The third-order valence-electron chi connectivity index (χ3n) is 1.15. The largest absolute Gasteiger partial charge is 0.477 e. The zero-order valence-electron chi connectivity index (χ0n) is 5.09. The minimum atomic E-state index is -1.04. The number of rotatable bonds is 2. The van der Waals surface area contributed by atoms with E-state index in [1.807, 2.05) is 0 Å². The SMILES string of the molecule is N=Cc1cc[nH]c1C(=O)O. The number of carboxylic acid groups (broad SMARTS) is 1. The molecule has 4 nitrogen and oxygen atoms in total. The van der Waals surface area contributed by atoms with Crippen molar-refractivity contribution in [3.63, 3.8) is 0 Å². The van der Waals surface area contributed by atoms with Crippen molar-refractivity contribution in [1.82, 2.24) is 4.98 Å². The van der Waals surface area contributed by atoms with Gasteiger partial charge in [-0.2, -0.15) is 0 Å². The lowest BCUT2D eigenvalue weighted by molar-refractivity contribution is 0.0691. The van der Waals surface area contributed by atoms with Gasteiger partial charge in [0.05, 0.1) is 0 Å². The van der Waals surface area contributed by atoms with Crippen LogP contribution in [0.4, 0.5) is 0 Å². The van der Waals surface area contributed by atoms with E-state index in [1.54, 1.807) is 0 Å². The normalized spacial score (nSPS) is 9.20. The van der Waals surface area contributed by atoms with E-state index in [2.05, 4.69) is 4.98 Å². The third-order valence-corrected chi connectivity index (χ3v) is 1.15. The first-order valence-corrected chi connectivity index (χ1v) is 2.67. The van der Waals surface area contributed by atoms with Gasteiger partial charge in [-0.05, 0) is 6.07 Å². The molecule has 0 amide bonds. The number of hydrogen-bond acceptors (Lipinski definition) is 2. The molecule has 0 unspecified atom stereocenters. The van der Waals surface area contributed by atoms with E-state index in [-0.39, 0.29) is 5.69 Å². The highest BCUT2D eigenvalue weighted by molar-refractivity contribution is 5.96. The molecule has 10 heavy (non-hydrogen) atoms. The maximum atomic E-state index is 10.3. The number of carbonyl (C=O) groups is 1. The van der Waals surface area contributed by atoms with Gasteiger partial charge < -0.3 is 15.5 Å². The second-order valence-electron chi connectivity index (χ2n) is 1.76. The van der Waals surface area contributed by atoms with Gasteiger partial charge in [0.1, 0.15) is 5.69 Å². The molecule has 0 aliphatic rings. The summed E-state index contributed by atoms with van der Waals surface area (Å²) in [6.45, 7) is 0. The van der Waals surface area contributed by atoms with Gasteiger partial charge in [-0.15, -0.1) is 0 Å². The molecule has 1 aromatic heterocycles. The van der Waals surface area contributed by atoms with E-state index in [0.29, 0.717) is 5.56 Å². The van der Waals surface area contributed by atoms with E-state index in [0.717, 1.165) is 6.21 Å². The topological polar surface area (TPSA) is 76.9 Å². The summed E-state index contributed by atoms with van der Waals surface area (Å²) in [5, 5.41) is 15.2. The Morgan fingerprint density at radius 3 is 2.90 bits per heavy atom. The first-order chi connectivity index (χ1) is 4.75. The van der Waals surface area contributed by atoms with Gasteiger partial charge in [0, 0.05) is 18.0 Å². The summed E-state index contributed by atoms with van der Waals surface area (Å²) in [5.74, 6) is -1.04. The lowest BCUT2D eigenvalue weighted by Crippen LogP contribution is -1.99. The molecular weight excluding hydrogens is 132 g/mol. The average Bonchev–Trinajstić information content (AvgIpc) is 2.33. The zero-order chi connectivity index (χ0) is 7.56. The molecule has 0 saturated heterocycles. The summed E-state index contributed by atoms with van der Waals surface area (Å²) >= 11 is 0. The number of aromatic nitrogens is 1. The summed E-state index contributed by atoms with van der Waals surface area (Å²) in [4.78, 5) is 12.8. The highest BCUT2D eigenvalue weighted by atomic mass is 16.4. The highest BCUT2D eigenvalue weighted by Gasteiger charge is 2.07. The van der Waals surface area contributed by atoms with Crippen LogP contribution in [0.2, 0.25) is 0 Å². The van der Waals surface area contributed by atoms with Crippen LogP contribution in [-0.2, 0) is 0 Å². The molecule has 0 fully saturated rings. The van der Waals surface area contributed by atoms with Gasteiger partial charge in [0.15, 0.2) is 0 Å². The van der Waals surface area contributed by atoms with E-state index in [1.165, 1.54) is 12.3 Å². The Hall–Kier alpha value is -1.58. The maximum Gasteiger partial charge on any atom is 0.352 e. The second-order valence-corrected chi connectivity index (χ2v) is 1.76. The van der Waals surface area contributed by atoms with Crippen molar-refractivity contribution in [3.8, 4) is 0 Å². The molecule has 3 N–H and O–H groups in total. The zero-order valence-corrected chi connectivity index (χ0v) is 5.09. The van der Waals surface area contributed by atoms with Crippen molar-refractivity contribution in [3.05, 3.63) is 23.5 Å². The fourth-order valence-corrected chi connectivity index (χ4v) is 0.687. The van der Waals surface area contributed by atoms with Gasteiger partial charge in [0.25, 0.3) is 0 Å². The molecule has 0 radical (unpaired) electrons. The quantitative estimate of drug-likeness (QED) is 0.526. The summed E-state index contributed by atoms with van der Waals surface area (Å²) in [5.41, 5.74) is 0.461. The first-order valence-electron chi connectivity index (χ1n) is 2.67. The maximum absolute atomic E-state index is 10.3. The van der Waals surface area contributed by atoms with Crippen LogP contribution in [0, 0.1) is 5.41 Å². The molecule has 0 bridgehead atoms. The lowest BCUT2D eigenvalue weighted by atomic mass is 10.3. The Balaban J connectivity index is 3.13. The van der Waals surface area contributed by atoms with E-state index in [9.17, 15) is 4.79 Å². The second kappa shape index (κ2) is 2.34. The predicted octanol–water partition coefficient (Wildman–Crippen LogP) is 0.711. The Morgan fingerprint density at radius 2 is 2.50 bits per heavy atom. The summed E-state index contributed by atoms with van der Waals surface area (Å²) in [6, 6.07) is 1.54. The molecule has 0 saturated carbocycles. The lowest BCUT2D eigenvalue weighted by Gasteiger charge is -1.88. The van der Waals surface area contributed by atoms with Crippen LogP contribution < -0.4 is 0 Å². The molecule has 52 valence electrons. The van der Waals surface area contributed by atoms with Crippen molar-refractivity contribution < 1.29 is 9.90 Å². The standard InChI is InChI=1S/C6H6N2O2/c7-3-4-1-2-8-5(4)6(9)10/h1-3,7-8H,(H,9,10). The third kappa shape index (κ3) is 0.907. The molecule has 0 aliphatic carbocycles. The van der Waals surface area contributed by atoms with Crippen LogP contribution in [0.5, 0.6) is 0 Å². The fourth-order valence-electron chi connectivity index (χ4n) is 0.687. The molecule has 0 aliphatic heterocycles. The van der Waals surface area contributed by atoms with Gasteiger partial charge in [-0.25, -0.2) is 4.79 Å². The van der Waals surface area contributed by atoms with Crippen LogP contribution in [0.25, 0.3) is 0 Å². The molecule has 0 aromatic carbocycles. The van der Waals surface area contributed by atoms with Crippen LogP contribution >= 0.6 is 0 Å². The van der Waals surface area contributed by atoms with E-state index in [4.69, 9.17) is 10.5 Å². The summed E-state index contributed by atoms with van der Waals surface area (Å²) in [7, 11) is 0. The number of H-pyrrole nitrogens is 1. The average molecular weight is 138 g/mol. The first kappa shape index (κ1) is 6.54. The molecule has 0 atom stereocenters. The minimum Gasteiger partial charge on any atom is -0.477 e. The predicted molar refractivity (Wildman–Crippen MR) is 35.6 cm³/mol. The number of carboxylic acids is 1. The monoisotopic (exact) mass is 138 g/mol. The molecule has 1 rings (SSSR count). The Bertz CT molecular complexity index is 264. The summed E-state index contributed by atoms with van der Waals surface area (Å²) in [6.07, 6.45) is 2.49. The smallest absolute Gasteiger partial charge is 0.352 e. The molecule has 1 aromatic rings. The van der Waals surface area contributed by atoms with Gasteiger partial charge in [-0.1, -0.05) is 0 Å². The van der Waals surface area contributed by atoms with E-state index < -0.39 is 5.97 Å². The van der Waals surface area contributed by atoms with Crippen molar-refractivity contribution in [1.29, 1.82) is 5.41 Å². The minimum absolute atomic E-state index is 0.0648. The molecular formula is C6H6N2O2. The van der Waals surface area contributed by atoms with E-state index >= 15 is 0 Å². The molecule has 1 heterocycles. The van der Waals surface area contributed by atoms with Gasteiger partial charge >= 0.3 is 5.97 Å². The van der Waals surface area contributed by atoms with Crippen LogP contribution in [-0.4, -0.2) is 22.3 Å². The van der Waals surface area contributed by atoms with Crippen LogP contribution in [0.15, 0.2) is 12.3 Å². The van der Waals surface area contributed by atoms with Crippen LogP contribution in [0.1, 0.15) is 16.1 Å². The Kier molecular flexibility index (Phi) is 1.53. The van der Waals surface area contributed by atoms with Crippen molar-refractivity contribution in [2.45, 2.75) is 0 Å². The van der Waals surface area contributed by atoms with Crippen molar-refractivity contribution in [2.75, 3.05) is 0 Å².